The molecule has 100 valence electrons. The van der Waals surface area contributed by atoms with Crippen LogP contribution in [-0.2, 0) is 4.74 Å². The summed E-state index contributed by atoms with van der Waals surface area (Å²) in [6.45, 7) is 10.9. The van der Waals surface area contributed by atoms with Crippen molar-refractivity contribution in [2.45, 2.75) is 64.1 Å². The average Bonchev–Trinajstić information content (AvgIpc) is 2.73. The number of piperazine rings is 1. The van der Waals surface area contributed by atoms with Gasteiger partial charge in [-0.1, -0.05) is 12.8 Å². The lowest BCUT2D eigenvalue weighted by molar-refractivity contribution is 0.000890. The SMILES string of the molecule is CC1CN(CCOC(C)C)C2(CCCC2)CN1. The van der Waals surface area contributed by atoms with Gasteiger partial charge in [0.05, 0.1) is 12.7 Å². The second-order valence-electron chi connectivity index (χ2n) is 6.08. The van der Waals surface area contributed by atoms with Gasteiger partial charge in [-0.25, -0.2) is 0 Å². The minimum Gasteiger partial charge on any atom is -0.377 e. The molecule has 1 saturated heterocycles. The Morgan fingerprint density at radius 3 is 2.71 bits per heavy atom. The summed E-state index contributed by atoms with van der Waals surface area (Å²) in [5, 5.41) is 3.66. The minimum atomic E-state index is 0.356. The predicted octanol–water partition coefficient (Wildman–Crippen LogP) is 2.02. The highest BCUT2D eigenvalue weighted by Gasteiger charge is 2.42. The molecule has 2 fully saturated rings. The van der Waals surface area contributed by atoms with Crippen LogP contribution in [0.15, 0.2) is 0 Å². The van der Waals surface area contributed by atoms with Crippen molar-refractivity contribution in [2.75, 3.05) is 26.2 Å². The number of nitrogens with zero attached hydrogens (tertiary/aromatic N) is 1. The van der Waals surface area contributed by atoms with E-state index in [4.69, 9.17) is 4.74 Å². The second kappa shape index (κ2) is 5.68. The summed E-state index contributed by atoms with van der Waals surface area (Å²) in [5.41, 5.74) is 0.451. The van der Waals surface area contributed by atoms with E-state index in [1.54, 1.807) is 0 Å². The van der Waals surface area contributed by atoms with Gasteiger partial charge in [0.25, 0.3) is 0 Å². The summed E-state index contributed by atoms with van der Waals surface area (Å²) in [6.07, 6.45) is 5.90. The molecule has 1 atom stereocenters. The van der Waals surface area contributed by atoms with Crippen LogP contribution in [0.5, 0.6) is 0 Å². The third kappa shape index (κ3) is 3.21. The van der Waals surface area contributed by atoms with Gasteiger partial charge in [-0.15, -0.1) is 0 Å². The van der Waals surface area contributed by atoms with Crippen molar-refractivity contribution in [1.29, 1.82) is 0 Å². The van der Waals surface area contributed by atoms with E-state index < -0.39 is 0 Å². The van der Waals surface area contributed by atoms with Crippen molar-refractivity contribution < 1.29 is 4.74 Å². The van der Waals surface area contributed by atoms with Crippen LogP contribution in [-0.4, -0.2) is 48.8 Å². The van der Waals surface area contributed by atoms with Crippen LogP contribution in [0.25, 0.3) is 0 Å². The van der Waals surface area contributed by atoms with Gasteiger partial charge in [-0.05, 0) is 33.6 Å². The molecule has 0 aromatic heterocycles. The molecule has 0 bridgehead atoms. The Kier molecular flexibility index (Phi) is 4.45. The highest BCUT2D eigenvalue weighted by Crippen LogP contribution is 2.36. The van der Waals surface area contributed by atoms with Crippen molar-refractivity contribution in [2.24, 2.45) is 0 Å². The van der Waals surface area contributed by atoms with Crippen molar-refractivity contribution in [1.82, 2.24) is 10.2 Å². The molecule has 0 aromatic rings. The van der Waals surface area contributed by atoms with Crippen LogP contribution in [0.4, 0.5) is 0 Å². The largest absolute Gasteiger partial charge is 0.377 e. The van der Waals surface area contributed by atoms with E-state index in [9.17, 15) is 0 Å². The standard InChI is InChI=1S/C14H28N2O/c1-12(2)17-9-8-16-10-13(3)15-11-14(16)6-4-5-7-14/h12-13,15H,4-11H2,1-3H3. The summed E-state index contributed by atoms with van der Waals surface area (Å²) in [4.78, 5) is 2.70. The van der Waals surface area contributed by atoms with Crippen molar-refractivity contribution >= 4 is 0 Å². The third-order valence-electron chi connectivity index (χ3n) is 4.29. The van der Waals surface area contributed by atoms with Gasteiger partial charge in [0.2, 0.25) is 0 Å². The first kappa shape index (κ1) is 13.3. The number of rotatable bonds is 4. The quantitative estimate of drug-likeness (QED) is 0.813. The maximum absolute atomic E-state index is 5.72. The van der Waals surface area contributed by atoms with Crippen molar-refractivity contribution in [3.63, 3.8) is 0 Å². The molecule has 1 spiro atoms. The number of nitrogens with one attached hydrogen (secondary N) is 1. The molecular formula is C14H28N2O. The van der Waals surface area contributed by atoms with E-state index in [2.05, 4.69) is 31.0 Å². The molecule has 1 heterocycles. The maximum Gasteiger partial charge on any atom is 0.0597 e. The fraction of sp³-hybridized carbons (Fsp3) is 1.00. The molecule has 2 rings (SSSR count). The highest BCUT2D eigenvalue weighted by molar-refractivity contribution is 5.01. The molecule has 1 unspecified atom stereocenters. The topological polar surface area (TPSA) is 24.5 Å². The normalized spacial score (nSPS) is 29.3. The first-order chi connectivity index (χ1) is 8.12. The zero-order chi connectivity index (χ0) is 12.3. The predicted molar refractivity (Wildman–Crippen MR) is 71.3 cm³/mol. The summed E-state index contributed by atoms with van der Waals surface area (Å²) >= 11 is 0. The molecule has 0 radical (unpaired) electrons. The van der Waals surface area contributed by atoms with Crippen molar-refractivity contribution in [3.05, 3.63) is 0 Å². The molecule has 1 N–H and O–H groups in total. The Bertz CT molecular complexity index is 236. The summed E-state index contributed by atoms with van der Waals surface area (Å²) < 4.78 is 5.72. The van der Waals surface area contributed by atoms with Crippen LogP contribution in [0.3, 0.4) is 0 Å². The Hall–Kier alpha value is -0.120. The smallest absolute Gasteiger partial charge is 0.0597 e. The summed E-state index contributed by atoms with van der Waals surface area (Å²) in [6, 6.07) is 0.625. The Balaban J connectivity index is 1.90. The molecule has 1 aliphatic carbocycles. The summed E-state index contributed by atoms with van der Waals surface area (Å²) in [7, 11) is 0. The first-order valence-corrected chi connectivity index (χ1v) is 7.22. The summed E-state index contributed by atoms with van der Waals surface area (Å²) in [5.74, 6) is 0. The van der Waals surface area contributed by atoms with Gasteiger partial charge in [0.1, 0.15) is 0 Å². The molecule has 1 aliphatic heterocycles. The molecule has 0 aromatic carbocycles. The minimum absolute atomic E-state index is 0.356. The zero-order valence-corrected chi connectivity index (χ0v) is 11.7. The lowest BCUT2D eigenvalue weighted by atomic mass is 9.91. The highest BCUT2D eigenvalue weighted by atomic mass is 16.5. The molecule has 3 nitrogen and oxygen atoms in total. The number of hydrogen-bond donors (Lipinski definition) is 1. The van der Waals surface area contributed by atoms with E-state index in [1.165, 1.54) is 38.8 Å². The van der Waals surface area contributed by atoms with Gasteiger partial charge >= 0.3 is 0 Å². The Morgan fingerprint density at radius 2 is 2.06 bits per heavy atom. The van der Waals surface area contributed by atoms with Crippen LogP contribution < -0.4 is 5.32 Å². The lowest BCUT2D eigenvalue weighted by Gasteiger charge is -2.47. The van der Waals surface area contributed by atoms with Crippen LogP contribution in [0.2, 0.25) is 0 Å². The number of ether oxygens (including phenoxy) is 1. The molecule has 17 heavy (non-hydrogen) atoms. The zero-order valence-electron chi connectivity index (χ0n) is 11.7. The fourth-order valence-electron chi connectivity index (χ4n) is 3.32. The average molecular weight is 240 g/mol. The molecule has 0 amide bonds. The van der Waals surface area contributed by atoms with Crippen molar-refractivity contribution in [3.8, 4) is 0 Å². The fourth-order valence-corrected chi connectivity index (χ4v) is 3.32. The van der Waals surface area contributed by atoms with E-state index in [1.807, 2.05) is 0 Å². The molecule has 3 heteroatoms. The van der Waals surface area contributed by atoms with Gasteiger partial charge in [-0.2, -0.15) is 0 Å². The van der Waals surface area contributed by atoms with Gasteiger partial charge in [0, 0.05) is 31.2 Å². The lowest BCUT2D eigenvalue weighted by Crippen LogP contribution is -2.63. The van der Waals surface area contributed by atoms with Crippen LogP contribution in [0.1, 0.15) is 46.5 Å². The van der Waals surface area contributed by atoms with Gasteiger partial charge in [0.15, 0.2) is 0 Å². The molecule has 2 aliphatic rings. The Labute approximate surface area is 106 Å². The van der Waals surface area contributed by atoms with Gasteiger partial charge in [-0.3, -0.25) is 4.90 Å². The maximum atomic E-state index is 5.72. The van der Waals surface area contributed by atoms with E-state index in [0.29, 0.717) is 17.7 Å². The van der Waals surface area contributed by atoms with Gasteiger partial charge < -0.3 is 10.1 Å². The van der Waals surface area contributed by atoms with E-state index in [0.717, 1.165) is 13.2 Å². The van der Waals surface area contributed by atoms with Crippen LogP contribution in [0, 0.1) is 0 Å². The third-order valence-corrected chi connectivity index (χ3v) is 4.29. The second-order valence-corrected chi connectivity index (χ2v) is 6.08. The molecule has 1 saturated carbocycles. The Morgan fingerprint density at radius 1 is 1.35 bits per heavy atom. The molecular weight excluding hydrogens is 212 g/mol. The first-order valence-electron chi connectivity index (χ1n) is 7.22. The van der Waals surface area contributed by atoms with E-state index >= 15 is 0 Å². The van der Waals surface area contributed by atoms with Crippen LogP contribution >= 0.6 is 0 Å². The van der Waals surface area contributed by atoms with E-state index in [-0.39, 0.29) is 0 Å². The number of hydrogen-bond acceptors (Lipinski definition) is 3. The monoisotopic (exact) mass is 240 g/mol.